The van der Waals surface area contributed by atoms with Crippen LogP contribution < -0.4 is 14.8 Å². The van der Waals surface area contributed by atoms with Crippen molar-refractivity contribution in [2.75, 3.05) is 19.5 Å². The lowest BCUT2D eigenvalue weighted by Crippen LogP contribution is -2.12. The molecule has 8 heteroatoms. The normalized spacial score (nSPS) is 12.7. The zero-order chi connectivity index (χ0) is 18.1. The number of benzene rings is 1. The van der Waals surface area contributed by atoms with Crippen molar-refractivity contribution in [2.24, 2.45) is 0 Å². The lowest BCUT2D eigenvalue weighted by molar-refractivity contribution is 0.102. The number of ether oxygens (including phenoxy) is 2. The third kappa shape index (κ3) is 3.17. The first-order chi connectivity index (χ1) is 12.7. The molecular weight excluding hydrogens is 370 g/mol. The van der Waals surface area contributed by atoms with Gasteiger partial charge in [0.05, 0.1) is 19.9 Å². The molecule has 0 saturated heterocycles. The molecule has 0 aliphatic heterocycles. The number of aryl methyl sites for hydroxylation is 2. The smallest absolute Gasteiger partial charge is 0.276 e. The first-order valence-electron chi connectivity index (χ1n) is 8.16. The molecule has 2 heterocycles. The number of carbonyl (C=O) groups excluding carboxylic acids is 1. The van der Waals surface area contributed by atoms with Crippen LogP contribution >= 0.6 is 22.7 Å². The number of thiazole rings is 2. The molecule has 1 aromatic carbocycles. The zero-order valence-corrected chi connectivity index (χ0v) is 16.0. The Kier molecular flexibility index (Phi) is 4.60. The van der Waals surface area contributed by atoms with Crippen molar-refractivity contribution >= 4 is 33.7 Å². The highest BCUT2D eigenvalue weighted by atomic mass is 32.1. The van der Waals surface area contributed by atoms with Crippen LogP contribution in [0.2, 0.25) is 0 Å². The third-order valence-corrected chi connectivity index (χ3v) is 6.15. The Morgan fingerprint density at radius 2 is 2.00 bits per heavy atom. The van der Waals surface area contributed by atoms with E-state index in [9.17, 15) is 4.79 Å². The molecule has 0 bridgehead atoms. The Labute approximate surface area is 158 Å². The molecule has 2 aromatic heterocycles. The van der Waals surface area contributed by atoms with E-state index in [-0.39, 0.29) is 5.91 Å². The lowest BCUT2D eigenvalue weighted by Gasteiger charge is -2.08. The maximum atomic E-state index is 12.5. The van der Waals surface area contributed by atoms with Crippen molar-refractivity contribution in [3.05, 3.63) is 39.8 Å². The molecule has 0 spiro atoms. The van der Waals surface area contributed by atoms with Gasteiger partial charge in [0.1, 0.15) is 10.7 Å². The summed E-state index contributed by atoms with van der Waals surface area (Å²) in [7, 11) is 3.19. The second kappa shape index (κ2) is 7.05. The van der Waals surface area contributed by atoms with Gasteiger partial charge >= 0.3 is 0 Å². The van der Waals surface area contributed by atoms with Gasteiger partial charge in [0.2, 0.25) is 0 Å². The van der Waals surface area contributed by atoms with Crippen LogP contribution in [0.5, 0.6) is 11.5 Å². The molecule has 26 heavy (non-hydrogen) atoms. The van der Waals surface area contributed by atoms with Gasteiger partial charge in [0.25, 0.3) is 5.91 Å². The largest absolute Gasteiger partial charge is 0.493 e. The van der Waals surface area contributed by atoms with Gasteiger partial charge in [0.15, 0.2) is 16.6 Å². The fraction of sp³-hybridized carbons (Fsp3) is 0.278. The van der Waals surface area contributed by atoms with Crippen molar-refractivity contribution in [2.45, 2.75) is 19.3 Å². The van der Waals surface area contributed by atoms with E-state index in [0.29, 0.717) is 22.3 Å². The van der Waals surface area contributed by atoms with Gasteiger partial charge in [-0.2, -0.15) is 0 Å². The van der Waals surface area contributed by atoms with Crippen LogP contribution in [-0.2, 0) is 12.8 Å². The quantitative estimate of drug-likeness (QED) is 0.716. The van der Waals surface area contributed by atoms with Crippen LogP contribution in [0.15, 0.2) is 23.6 Å². The molecule has 0 radical (unpaired) electrons. The molecule has 0 saturated carbocycles. The summed E-state index contributed by atoms with van der Waals surface area (Å²) < 4.78 is 10.6. The summed E-state index contributed by atoms with van der Waals surface area (Å²) >= 11 is 2.97. The monoisotopic (exact) mass is 387 g/mol. The SMILES string of the molecule is COc1ccc(-c2nc(C(=O)Nc3nc4c(s3)CCC4)cs2)cc1OC. The average Bonchev–Trinajstić information content (AvgIpc) is 3.36. The van der Waals surface area contributed by atoms with Crippen LogP contribution in [0.3, 0.4) is 0 Å². The molecule has 0 fully saturated rings. The van der Waals surface area contributed by atoms with E-state index in [0.717, 1.165) is 35.5 Å². The van der Waals surface area contributed by atoms with Gasteiger partial charge in [-0.1, -0.05) is 0 Å². The minimum absolute atomic E-state index is 0.236. The molecule has 4 rings (SSSR count). The number of rotatable bonds is 5. The van der Waals surface area contributed by atoms with E-state index in [1.807, 2.05) is 18.2 Å². The molecule has 3 aromatic rings. The minimum atomic E-state index is -0.236. The summed E-state index contributed by atoms with van der Waals surface area (Å²) in [4.78, 5) is 22.7. The second-order valence-electron chi connectivity index (χ2n) is 5.80. The maximum absolute atomic E-state index is 12.5. The maximum Gasteiger partial charge on any atom is 0.276 e. The summed E-state index contributed by atoms with van der Waals surface area (Å²) in [5.74, 6) is 1.05. The number of nitrogens with zero attached hydrogens (tertiary/aromatic N) is 2. The van der Waals surface area contributed by atoms with Gasteiger partial charge in [-0.15, -0.1) is 22.7 Å². The molecule has 1 aliphatic rings. The number of aromatic nitrogens is 2. The van der Waals surface area contributed by atoms with Gasteiger partial charge in [-0.05, 0) is 37.5 Å². The Hall–Kier alpha value is -2.45. The van der Waals surface area contributed by atoms with Crippen LogP contribution in [0.4, 0.5) is 5.13 Å². The number of amides is 1. The Balaban J connectivity index is 1.52. The number of nitrogens with one attached hydrogen (secondary N) is 1. The number of hydrogen-bond donors (Lipinski definition) is 1. The number of fused-ring (bicyclic) bond motifs is 1. The zero-order valence-electron chi connectivity index (χ0n) is 14.4. The fourth-order valence-corrected chi connectivity index (χ4v) is 4.73. The van der Waals surface area contributed by atoms with Crippen molar-refractivity contribution in [3.8, 4) is 22.1 Å². The lowest BCUT2D eigenvalue weighted by atomic mass is 10.2. The Morgan fingerprint density at radius 1 is 1.15 bits per heavy atom. The van der Waals surface area contributed by atoms with E-state index in [4.69, 9.17) is 9.47 Å². The molecular formula is C18H17N3O3S2. The summed E-state index contributed by atoms with van der Waals surface area (Å²) in [6, 6.07) is 5.57. The molecule has 134 valence electrons. The first kappa shape index (κ1) is 17.0. The third-order valence-electron chi connectivity index (χ3n) is 4.18. The topological polar surface area (TPSA) is 73.3 Å². The Bertz CT molecular complexity index is 943. The number of methoxy groups -OCH3 is 2. The predicted molar refractivity (Wildman–Crippen MR) is 103 cm³/mol. The van der Waals surface area contributed by atoms with E-state index in [1.54, 1.807) is 30.9 Å². The summed E-state index contributed by atoms with van der Waals surface area (Å²) in [6.45, 7) is 0. The van der Waals surface area contributed by atoms with Crippen LogP contribution in [0, 0.1) is 0 Å². The van der Waals surface area contributed by atoms with Crippen molar-refractivity contribution in [3.63, 3.8) is 0 Å². The molecule has 0 atom stereocenters. The van der Waals surface area contributed by atoms with Crippen LogP contribution in [-0.4, -0.2) is 30.1 Å². The van der Waals surface area contributed by atoms with Crippen molar-refractivity contribution in [1.82, 2.24) is 9.97 Å². The number of hydrogen-bond acceptors (Lipinski definition) is 7. The highest BCUT2D eigenvalue weighted by molar-refractivity contribution is 7.16. The molecule has 1 aliphatic carbocycles. The standard InChI is InChI=1S/C18H17N3O3S2/c1-23-13-7-6-10(8-14(13)24-2)17-19-12(9-25-17)16(22)21-18-20-11-4-3-5-15(11)26-18/h6-9H,3-5H2,1-2H3,(H,20,21,22). The van der Waals surface area contributed by atoms with Gasteiger partial charge < -0.3 is 9.47 Å². The number of anilines is 1. The summed E-state index contributed by atoms with van der Waals surface area (Å²) in [5.41, 5.74) is 2.38. The molecule has 6 nitrogen and oxygen atoms in total. The predicted octanol–water partition coefficient (Wildman–Crippen LogP) is 4.02. The molecule has 1 N–H and O–H groups in total. The Morgan fingerprint density at radius 3 is 2.77 bits per heavy atom. The van der Waals surface area contributed by atoms with E-state index < -0.39 is 0 Å². The highest BCUT2D eigenvalue weighted by Gasteiger charge is 2.19. The van der Waals surface area contributed by atoms with E-state index >= 15 is 0 Å². The highest BCUT2D eigenvalue weighted by Crippen LogP contribution is 2.34. The first-order valence-corrected chi connectivity index (χ1v) is 9.85. The van der Waals surface area contributed by atoms with Crippen molar-refractivity contribution < 1.29 is 14.3 Å². The minimum Gasteiger partial charge on any atom is -0.493 e. The fourth-order valence-electron chi connectivity index (χ4n) is 2.88. The van der Waals surface area contributed by atoms with Crippen LogP contribution in [0.1, 0.15) is 27.5 Å². The van der Waals surface area contributed by atoms with Gasteiger partial charge in [0, 0.05) is 15.8 Å². The van der Waals surface area contributed by atoms with E-state index in [1.165, 1.54) is 16.2 Å². The second-order valence-corrected chi connectivity index (χ2v) is 7.75. The summed E-state index contributed by atoms with van der Waals surface area (Å²) in [5, 5.41) is 6.01. The van der Waals surface area contributed by atoms with Gasteiger partial charge in [-0.3, -0.25) is 10.1 Å². The van der Waals surface area contributed by atoms with E-state index in [2.05, 4.69) is 15.3 Å². The average molecular weight is 387 g/mol. The molecule has 1 amide bonds. The number of carbonyl (C=O) groups is 1. The molecule has 0 unspecified atom stereocenters. The summed E-state index contributed by atoms with van der Waals surface area (Å²) in [6.07, 6.45) is 3.22. The van der Waals surface area contributed by atoms with Crippen LogP contribution in [0.25, 0.3) is 10.6 Å². The van der Waals surface area contributed by atoms with Crippen molar-refractivity contribution in [1.29, 1.82) is 0 Å². The van der Waals surface area contributed by atoms with Gasteiger partial charge in [-0.25, -0.2) is 9.97 Å².